The van der Waals surface area contributed by atoms with Gasteiger partial charge >= 0.3 is 0 Å². The molecule has 0 spiro atoms. The summed E-state index contributed by atoms with van der Waals surface area (Å²) >= 11 is 0. The largest absolute Gasteiger partial charge is 0.493 e. The number of hydrogen-bond acceptors (Lipinski definition) is 2. The molecule has 2 rings (SSSR count). The molecule has 0 unspecified atom stereocenters. The highest BCUT2D eigenvalue weighted by atomic mass is 16.5. The van der Waals surface area contributed by atoms with Crippen molar-refractivity contribution < 1.29 is 9.53 Å². The monoisotopic (exact) mass is 204 g/mol. The number of rotatable bonds is 2. The highest BCUT2D eigenvalue weighted by molar-refractivity contribution is 5.96. The van der Waals surface area contributed by atoms with E-state index in [2.05, 4.69) is 0 Å². The van der Waals surface area contributed by atoms with Gasteiger partial charge in [-0.05, 0) is 43.0 Å². The summed E-state index contributed by atoms with van der Waals surface area (Å²) in [5.41, 5.74) is 2.01. The van der Waals surface area contributed by atoms with Crippen LogP contribution >= 0.6 is 0 Å². The smallest absolute Gasteiger partial charge is 0.162 e. The van der Waals surface area contributed by atoms with Gasteiger partial charge in [-0.2, -0.15) is 0 Å². The third-order valence-electron chi connectivity index (χ3n) is 2.80. The molecule has 1 aliphatic rings. The van der Waals surface area contributed by atoms with E-state index < -0.39 is 0 Å². The second kappa shape index (κ2) is 4.47. The van der Waals surface area contributed by atoms with Gasteiger partial charge in [0, 0.05) is 12.0 Å². The van der Waals surface area contributed by atoms with Crippen molar-refractivity contribution in [2.24, 2.45) is 0 Å². The van der Waals surface area contributed by atoms with Crippen molar-refractivity contribution in [3.8, 4) is 5.75 Å². The number of ketones is 1. The lowest BCUT2D eigenvalue weighted by atomic mass is 10.0. The van der Waals surface area contributed by atoms with Crippen LogP contribution in [0.1, 0.15) is 42.1 Å². The maximum absolute atomic E-state index is 11.5. The molecule has 0 aliphatic carbocycles. The zero-order chi connectivity index (χ0) is 10.7. The molecule has 0 bridgehead atoms. The average Bonchev–Trinajstić information content (AvgIpc) is 2.51. The number of benzene rings is 1. The summed E-state index contributed by atoms with van der Waals surface area (Å²) < 4.78 is 5.61. The Hall–Kier alpha value is -1.31. The van der Waals surface area contributed by atoms with Gasteiger partial charge in [-0.1, -0.05) is 6.92 Å². The molecule has 1 heterocycles. The standard InChI is InChI=1S/C13H16O2/c1-2-12(14)10-6-7-13-11(9-10)5-3-4-8-15-13/h6-7,9H,2-5,8H2,1H3. The SMILES string of the molecule is CCC(=O)c1ccc2c(c1)CCCCO2. The molecule has 15 heavy (non-hydrogen) atoms. The summed E-state index contributed by atoms with van der Waals surface area (Å²) in [5.74, 6) is 1.17. The maximum Gasteiger partial charge on any atom is 0.162 e. The summed E-state index contributed by atoms with van der Waals surface area (Å²) in [4.78, 5) is 11.5. The summed E-state index contributed by atoms with van der Waals surface area (Å²) in [6.45, 7) is 2.69. The minimum absolute atomic E-state index is 0.210. The fraction of sp³-hybridized carbons (Fsp3) is 0.462. The van der Waals surface area contributed by atoms with Crippen LogP contribution in [0.3, 0.4) is 0 Å². The van der Waals surface area contributed by atoms with Crippen LogP contribution in [0.5, 0.6) is 5.75 Å². The van der Waals surface area contributed by atoms with Crippen molar-refractivity contribution in [3.05, 3.63) is 29.3 Å². The minimum Gasteiger partial charge on any atom is -0.493 e. The summed E-state index contributed by atoms with van der Waals surface area (Å²) in [7, 11) is 0. The predicted molar refractivity (Wildman–Crippen MR) is 59.5 cm³/mol. The molecule has 1 aliphatic heterocycles. The second-order valence-electron chi connectivity index (χ2n) is 3.90. The van der Waals surface area contributed by atoms with Crippen LogP contribution in [0.4, 0.5) is 0 Å². The van der Waals surface area contributed by atoms with Gasteiger partial charge in [0.05, 0.1) is 6.61 Å². The van der Waals surface area contributed by atoms with Crippen molar-refractivity contribution in [2.45, 2.75) is 32.6 Å². The van der Waals surface area contributed by atoms with E-state index in [9.17, 15) is 4.79 Å². The highest BCUT2D eigenvalue weighted by Crippen LogP contribution is 2.25. The Morgan fingerprint density at radius 2 is 2.27 bits per heavy atom. The van der Waals surface area contributed by atoms with Crippen molar-refractivity contribution in [1.29, 1.82) is 0 Å². The van der Waals surface area contributed by atoms with Crippen LogP contribution < -0.4 is 4.74 Å². The first-order valence-electron chi connectivity index (χ1n) is 5.60. The van der Waals surface area contributed by atoms with E-state index in [-0.39, 0.29) is 5.78 Å². The molecule has 2 nitrogen and oxygen atoms in total. The molecule has 1 aromatic carbocycles. The van der Waals surface area contributed by atoms with Crippen LogP contribution in [0.2, 0.25) is 0 Å². The topological polar surface area (TPSA) is 26.3 Å². The molecule has 0 fully saturated rings. The Balaban J connectivity index is 2.31. The molecule has 0 atom stereocenters. The summed E-state index contributed by atoms with van der Waals surface area (Å²) in [6.07, 6.45) is 3.85. The molecule has 0 saturated carbocycles. The van der Waals surface area contributed by atoms with Crippen LogP contribution in [-0.4, -0.2) is 12.4 Å². The lowest BCUT2D eigenvalue weighted by Crippen LogP contribution is -1.99. The van der Waals surface area contributed by atoms with E-state index >= 15 is 0 Å². The predicted octanol–water partition coefficient (Wildman–Crippen LogP) is 2.99. The average molecular weight is 204 g/mol. The van der Waals surface area contributed by atoms with E-state index in [0.717, 1.165) is 37.2 Å². The van der Waals surface area contributed by atoms with E-state index in [1.165, 1.54) is 5.56 Å². The van der Waals surface area contributed by atoms with Crippen LogP contribution in [0.15, 0.2) is 18.2 Å². The van der Waals surface area contributed by atoms with E-state index in [1.807, 2.05) is 25.1 Å². The first-order valence-corrected chi connectivity index (χ1v) is 5.60. The Kier molecular flexibility index (Phi) is 3.05. The molecule has 1 aromatic rings. The van der Waals surface area contributed by atoms with Gasteiger partial charge in [0.2, 0.25) is 0 Å². The summed E-state index contributed by atoms with van der Waals surface area (Å²) in [6, 6.07) is 5.80. The molecule has 2 heteroatoms. The van der Waals surface area contributed by atoms with Gasteiger partial charge in [-0.3, -0.25) is 4.79 Å². The molecule has 0 amide bonds. The first-order chi connectivity index (χ1) is 7.31. The van der Waals surface area contributed by atoms with Gasteiger partial charge < -0.3 is 4.74 Å². The highest BCUT2D eigenvalue weighted by Gasteiger charge is 2.11. The van der Waals surface area contributed by atoms with Crippen LogP contribution in [-0.2, 0) is 6.42 Å². The molecule has 0 radical (unpaired) electrons. The van der Waals surface area contributed by atoms with E-state index in [1.54, 1.807) is 0 Å². The van der Waals surface area contributed by atoms with Crippen molar-refractivity contribution in [1.82, 2.24) is 0 Å². The van der Waals surface area contributed by atoms with Crippen LogP contribution in [0, 0.1) is 0 Å². The zero-order valence-corrected chi connectivity index (χ0v) is 9.08. The van der Waals surface area contributed by atoms with Crippen molar-refractivity contribution in [3.63, 3.8) is 0 Å². The number of carbonyl (C=O) groups excluding carboxylic acids is 1. The van der Waals surface area contributed by atoms with Gasteiger partial charge in [0.15, 0.2) is 5.78 Å². The van der Waals surface area contributed by atoms with Gasteiger partial charge in [0.1, 0.15) is 5.75 Å². The quantitative estimate of drug-likeness (QED) is 0.692. The summed E-state index contributed by atoms with van der Waals surface area (Å²) in [5, 5.41) is 0. The molecule has 0 aromatic heterocycles. The minimum atomic E-state index is 0.210. The number of ether oxygens (including phenoxy) is 1. The second-order valence-corrected chi connectivity index (χ2v) is 3.90. The molecular formula is C13H16O2. The van der Waals surface area contributed by atoms with Gasteiger partial charge in [-0.25, -0.2) is 0 Å². The molecule has 0 saturated heterocycles. The number of fused-ring (bicyclic) bond motifs is 1. The Morgan fingerprint density at radius 3 is 3.07 bits per heavy atom. The third kappa shape index (κ3) is 2.20. The number of Topliss-reactive ketones (excluding diaryl/α,β-unsaturated/α-hetero) is 1. The maximum atomic E-state index is 11.5. The van der Waals surface area contributed by atoms with Crippen molar-refractivity contribution >= 4 is 5.78 Å². The Bertz CT molecular complexity index is 369. The molecule has 0 N–H and O–H groups in total. The Morgan fingerprint density at radius 1 is 1.40 bits per heavy atom. The van der Waals surface area contributed by atoms with E-state index in [0.29, 0.717) is 6.42 Å². The number of aryl methyl sites for hydroxylation is 1. The lowest BCUT2D eigenvalue weighted by Gasteiger charge is -2.08. The van der Waals surface area contributed by atoms with Crippen LogP contribution in [0.25, 0.3) is 0 Å². The number of carbonyl (C=O) groups is 1. The van der Waals surface area contributed by atoms with Gasteiger partial charge in [0.25, 0.3) is 0 Å². The third-order valence-corrected chi connectivity index (χ3v) is 2.80. The number of hydrogen-bond donors (Lipinski definition) is 0. The Labute approximate surface area is 90.3 Å². The normalized spacial score (nSPS) is 15.0. The fourth-order valence-corrected chi connectivity index (χ4v) is 1.89. The lowest BCUT2D eigenvalue weighted by molar-refractivity contribution is 0.0988. The molecule has 80 valence electrons. The first kappa shape index (κ1) is 10.2. The van der Waals surface area contributed by atoms with Crippen molar-refractivity contribution in [2.75, 3.05) is 6.61 Å². The molecular weight excluding hydrogens is 188 g/mol. The van der Waals surface area contributed by atoms with E-state index in [4.69, 9.17) is 4.74 Å². The fourth-order valence-electron chi connectivity index (χ4n) is 1.89. The van der Waals surface area contributed by atoms with Gasteiger partial charge in [-0.15, -0.1) is 0 Å². The zero-order valence-electron chi connectivity index (χ0n) is 9.08.